The summed E-state index contributed by atoms with van der Waals surface area (Å²) in [7, 11) is 0. The molecule has 0 spiro atoms. The van der Waals surface area contributed by atoms with E-state index >= 15 is 0 Å². The smallest absolute Gasteiger partial charge is 0.354 e. The van der Waals surface area contributed by atoms with E-state index in [0.29, 0.717) is 23.8 Å². The number of fused-ring (bicyclic) bond motifs is 1. The standard InChI is InChI=1S/C16H14ClN3O4/c17-10-4-1-3-9-11(7-8-24-14(9)10)19-16(23)20-13-6-2-5-12(18-13)15(21)22/h1-6,11H,7-8H2,(H,21,22)(H2,18,19,20,23)/t11-/m0/s1. The van der Waals surface area contributed by atoms with Crippen LogP contribution in [0.1, 0.15) is 28.5 Å². The first kappa shape index (κ1) is 16.1. The highest BCUT2D eigenvalue weighted by Crippen LogP contribution is 2.37. The number of aromatic nitrogens is 1. The summed E-state index contributed by atoms with van der Waals surface area (Å²) < 4.78 is 5.55. The third kappa shape index (κ3) is 3.41. The van der Waals surface area contributed by atoms with Crippen LogP contribution in [0.15, 0.2) is 36.4 Å². The molecule has 1 aliphatic heterocycles. The number of carbonyl (C=O) groups is 2. The van der Waals surface area contributed by atoms with Gasteiger partial charge in [-0.25, -0.2) is 14.6 Å². The minimum absolute atomic E-state index is 0.143. The Bertz CT molecular complexity index is 797. The van der Waals surface area contributed by atoms with E-state index in [4.69, 9.17) is 21.4 Å². The Hall–Kier alpha value is -2.80. The van der Waals surface area contributed by atoms with Crippen molar-refractivity contribution in [3.63, 3.8) is 0 Å². The number of carboxylic acid groups (broad SMARTS) is 1. The van der Waals surface area contributed by atoms with Crippen LogP contribution >= 0.6 is 11.6 Å². The molecule has 1 atom stereocenters. The van der Waals surface area contributed by atoms with Gasteiger partial charge >= 0.3 is 12.0 Å². The lowest BCUT2D eigenvalue weighted by Crippen LogP contribution is -2.35. The van der Waals surface area contributed by atoms with Crippen LogP contribution in [-0.4, -0.2) is 28.7 Å². The van der Waals surface area contributed by atoms with Crippen LogP contribution in [0.3, 0.4) is 0 Å². The fourth-order valence-corrected chi connectivity index (χ4v) is 2.71. The van der Waals surface area contributed by atoms with Gasteiger partial charge in [-0.3, -0.25) is 5.32 Å². The summed E-state index contributed by atoms with van der Waals surface area (Å²) in [6, 6.07) is 9.00. The number of pyridine rings is 1. The third-order valence-corrected chi connectivity index (χ3v) is 3.84. The molecular weight excluding hydrogens is 334 g/mol. The van der Waals surface area contributed by atoms with Gasteiger partial charge in [0.1, 0.15) is 11.6 Å². The normalized spacial score (nSPS) is 15.8. The predicted octanol–water partition coefficient (Wildman–Crippen LogP) is 3.08. The number of halogens is 1. The first-order valence-electron chi connectivity index (χ1n) is 7.23. The molecule has 3 N–H and O–H groups in total. The summed E-state index contributed by atoms with van der Waals surface area (Å²) in [5.41, 5.74) is 0.659. The second-order valence-corrected chi connectivity index (χ2v) is 5.57. The Morgan fingerprint density at radius 1 is 1.25 bits per heavy atom. The van der Waals surface area contributed by atoms with Crippen LogP contribution in [0.4, 0.5) is 10.6 Å². The molecule has 24 heavy (non-hydrogen) atoms. The summed E-state index contributed by atoms with van der Waals surface area (Å²) in [6.45, 7) is 0.439. The molecule has 2 amide bonds. The molecule has 124 valence electrons. The van der Waals surface area contributed by atoms with Gasteiger partial charge in [0.2, 0.25) is 0 Å². The number of rotatable bonds is 3. The zero-order valence-corrected chi connectivity index (χ0v) is 13.2. The molecule has 2 heterocycles. The molecule has 3 rings (SSSR count). The molecule has 0 fully saturated rings. The second-order valence-electron chi connectivity index (χ2n) is 5.16. The molecular formula is C16H14ClN3O4. The average Bonchev–Trinajstić information content (AvgIpc) is 2.56. The quantitative estimate of drug-likeness (QED) is 0.792. The summed E-state index contributed by atoms with van der Waals surface area (Å²) in [4.78, 5) is 26.9. The number of anilines is 1. The summed E-state index contributed by atoms with van der Waals surface area (Å²) in [5, 5.41) is 14.8. The molecule has 0 bridgehead atoms. The number of amides is 2. The lowest BCUT2D eigenvalue weighted by molar-refractivity contribution is 0.0690. The lowest BCUT2D eigenvalue weighted by atomic mass is 10.0. The van der Waals surface area contributed by atoms with E-state index in [1.165, 1.54) is 18.2 Å². The van der Waals surface area contributed by atoms with Crippen molar-refractivity contribution in [3.8, 4) is 5.75 Å². The monoisotopic (exact) mass is 347 g/mol. The first-order valence-corrected chi connectivity index (χ1v) is 7.61. The molecule has 0 saturated heterocycles. The third-order valence-electron chi connectivity index (χ3n) is 3.54. The summed E-state index contributed by atoms with van der Waals surface area (Å²) >= 11 is 6.10. The van der Waals surface area contributed by atoms with Gasteiger partial charge < -0.3 is 15.2 Å². The number of nitrogens with zero attached hydrogens (tertiary/aromatic N) is 1. The van der Waals surface area contributed by atoms with E-state index in [2.05, 4.69) is 15.6 Å². The average molecular weight is 348 g/mol. The van der Waals surface area contributed by atoms with Crippen molar-refractivity contribution in [1.82, 2.24) is 10.3 Å². The summed E-state index contributed by atoms with van der Waals surface area (Å²) in [6.07, 6.45) is 0.601. The van der Waals surface area contributed by atoms with Gasteiger partial charge in [0.15, 0.2) is 5.69 Å². The minimum Gasteiger partial charge on any atom is -0.492 e. The Kier molecular flexibility index (Phi) is 4.52. The van der Waals surface area contributed by atoms with Gasteiger partial charge in [0.25, 0.3) is 0 Å². The van der Waals surface area contributed by atoms with Crippen LogP contribution in [0.2, 0.25) is 5.02 Å². The van der Waals surface area contributed by atoms with Crippen molar-refractivity contribution in [1.29, 1.82) is 0 Å². The second kappa shape index (κ2) is 6.76. The van der Waals surface area contributed by atoms with Crippen molar-refractivity contribution in [2.24, 2.45) is 0 Å². The highest BCUT2D eigenvalue weighted by atomic mass is 35.5. The zero-order valence-electron chi connectivity index (χ0n) is 12.5. The number of urea groups is 1. The highest BCUT2D eigenvalue weighted by Gasteiger charge is 2.24. The van der Waals surface area contributed by atoms with Crippen molar-refractivity contribution in [2.75, 3.05) is 11.9 Å². The lowest BCUT2D eigenvalue weighted by Gasteiger charge is -2.27. The molecule has 1 aromatic carbocycles. The number of para-hydroxylation sites is 1. The number of ether oxygens (including phenoxy) is 1. The maximum Gasteiger partial charge on any atom is 0.354 e. The van der Waals surface area contributed by atoms with E-state index in [0.717, 1.165) is 5.56 Å². The van der Waals surface area contributed by atoms with Crippen LogP contribution in [0.25, 0.3) is 0 Å². The molecule has 2 aromatic rings. The molecule has 0 aliphatic carbocycles. The summed E-state index contributed by atoms with van der Waals surface area (Å²) in [5.74, 6) is -0.431. The molecule has 1 aromatic heterocycles. The van der Waals surface area contributed by atoms with Crippen LogP contribution in [0.5, 0.6) is 5.75 Å². The maximum absolute atomic E-state index is 12.2. The largest absolute Gasteiger partial charge is 0.492 e. The maximum atomic E-state index is 12.2. The number of carboxylic acids is 1. The van der Waals surface area contributed by atoms with Crippen LogP contribution in [-0.2, 0) is 0 Å². The van der Waals surface area contributed by atoms with Gasteiger partial charge in [-0.1, -0.05) is 29.8 Å². The molecule has 0 radical (unpaired) electrons. The number of aromatic carboxylic acids is 1. The van der Waals surface area contributed by atoms with Crippen molar-refractivity contribution in [2.45, 2.75) is 12.5 Å². The zero-order chi connectivity index (χ0) is 17.1. The topological polar surface area (TPSA) is 101 Å². The fourth-order valence-electron chi connectivity index (χ4n) is 2.47. The van der Waals surface area contributed by atoms with Crippen molar-refractivity contribution < 1.29 is 19.4 Å². The van der Waals surface area contributed by atoms with Crippen LogP contribution < -0.4 is 15.4 Å². The molecule has 0 saturated carbocycles. The van der Waals surface area contributed by atoms with E-state index in [1.54, 1.807) is 12.1 Å². The van der Waals surface area contributed by atoms with E-state index in [1.807, 2.05) is 6.07 Å². The van der Waals surface area contributed by atoms with E-state index < -0.39 is 12.0 Å². The van der Waals surface area contributed by atoms with Gasteiger partial charge in [-0.2, -0.15) is 0 Å². The molecule has 8 heteroatoms. The number of hydrogen-bond acceptors (Lipinski definition) is 4. The number of benzene rings is 1. The SMILES string of the molecule is O=C(Nc1cccc(C(=O)O)n1)N[C@H]1CCOc2c(Cl)cccc21. The van der Waals surface area contributed by atoms with Gasteiger partial charge in [0.05, 0.1) is 17.7 Å². The first-order chi connectivity index (χ1) is 11.5. The molecule has 0 unspecified atom stereocenters. The Labute approximate surface area is 142 Å². The number of nitrogens with one attached hydrogen (secondary N) is 2. The van der Waals surface area contributed by atoms with Gasteiger partial charge in [-0.05, 0) is 18.2 Å². The number of hydrogen-bond donors (Lipinski definition) is 3. The van der Waals surface area contributed by atoms with Crippen molar-refractivity contribution >= 4 is 29.4 Å². The Morgan fingerprint density at radius 3 is 2.83 bits per heavy atom. The van der Waals surface area contributed by atoms with E-state index in [9.17, 15) is 9.59 Å². The van der Waals surface area contributed by atoms with Gasteiger partial charge in [-0.15, -0.1) is 0 Å². The predicted molar refractivity (Wildman–Crippen MR) is 87.7 cm³/mol. The molecule has 7 nitrogen and oxygen atoms in total. The highest BCUT2D eigenvalue weighted by molar-refractivity contribution is 6.32. The van der Waals surface area contributed by atoms with E-state index in [-0.39, 0.29) is 17.6 Å². The molecule has 1 aliphatic rings. The van der Waals surface area contributed by atoms with Gasteiger partial charge in [0, 0.05) is 12.0 Å². The van der Waals surface area contributed by atoms with Crippen LogP contribution in [0, 0.1) is 0 Å². The minimum atomic E-state index is -1.16. The Balaban J connectivity index is 1.71. The van der Waals surface area contributed by atoms with Crippen molar-refractivity contribution in [3.05, 3.63) is 52.7 Å². The Morgan fingerprint density at radius 2 is 2.04 bits per heavy atom. The number of carbonyl (C=O) groups excluding carboxylic acids is 1. The fraction of sp³-hybridized carbons (Fsp3) is 0.188.